The highest BCUT2D eigenvalue weighted by Gasteiger charge is 2.50. The molecule has 1 aliphatic rings. The Balaban J connectivity index is 2.97. The SMILES string of the molecule is CC(=O)OC[C@H]1O[C@@H](NC(=O)NC(=O)C(=O)O)[C@H](OC(C)=O)[C@@H]1OC(C)=O. The number of carboxylic acids is 1. The molecule has 0 bridgehead atoms. The Bertz CT molecular complexity index is 647. The molecule has 0 unspecified atom stereocenters. The van der Waals surface area contributed by atoms with Crippen molar-refractivity contribution in [1.29, 1.82) is 0 Å². The van der Waals surface area contributed by atoms with Gasteiger partial charge in [-0.3, -0.25) is 24.5 Å². The molecule has 1 fully saturated rings. The molecule has 150 valence electrons. The number of nitrogens with one attached hydrogen (secondary N) is 2. The van der Waals surface area contributed by atoms with Crippen molar-refractivity contribution in [3.8, 4) is 0 Å². The summed E-state index contributed by atoms with van der Waals surface area (Å²) in [6.45, 7) is 2.86. The molecule has 1 rings (SSSR count). The van der Waals surface area contributed by atoms with Crippen molar-refractivity contribution >= 4 is 35.8 Å². The van der Waals surface area contributed by atoms with Gasteiger partial charge in [0.1, 0.15) is 12.7 Å². The van der Waals surface area contributed by atoms with Gasteiger partial charge in [0, 0.05) is 20.8 Å². The number of ether oxygens (including phenoxy) is 4. The Morgan fingerprint density at radius 3 is 1.96 bits per heavy atom. The van der Waals surface area contributed by atoms with Gasteiger partial charge in [0.15, 0.2) is 18.4 Å². The van der Waals surface area contributed by atoms with Crippen molar-refractivity contribution in [2.75, 3.05) is 6.61 Å². The lowest BCUT2D eigenvalue weighted by atomic mass is 10.1. The second-order valence-electron chi connectivity index (χ2n) is 5.28. The van der Waals surface area contributed by atoms with E-state index in [1.165, 1.54) is 5.32 Å². The number of imide groups is 1. The lowest BCUT2D eigenvalue weighted by Crippen LogP contribution is -2.52. The lowest BCUT2D eigenvalue weighted by Gasteiger charge is -2.23. The van der Waals surface area contributed by atoms with Crippen molar-refractivity contribution in [3.05, 3.63) is 0 Å². The number of carboxylic acid groups (broad SMARTS) is 1. The number of rotatable bonds is 5. The molecule has 0 saturated carbocycles. The van der Waals surface area contributed by atoms with Crippen molar-refractivity contribution in [2.24, 2.45) is 0 Å². The largest absolute Gasteiger partial charge is 0.474 e. The first kappa shape index (κ1) is 21.8. The third-order valence-corrected chi connectivity index (χ3v) is 3.06. The quantitative estimate of drug-likeness (QED) is 0.269. The summed E-state index contributed by atoms with van der Waals surface area (Å²) < 4.78 is 20.2. The van der Waals surface area contributed by atoms with Crippen molar-refractivity contribution in [3.63, 3.8) is 0 Å². The van der Waals surface area contributed by atoms with Crippen LogP contribution in [0.3, 0.4) is 0 Å². The Morgan fingerprint density at radius 2 is 1.48 bits per heavy atom. The second-order valence-corrected chi connectivity index (χ2v) is 5.28. The molecule has 3 N–H and O–H groups in total. The van der Waals surface area contributed by atoms with Gasteiger partial charge in [-0.15, -0.1) is 0 Å². The number of urea groups is 1. The smallest absolute Gasteiger partial charge is 0.394 e. The molecule has 0 aliphatic carbocycles. The molecule has 1 aliphatic heterocycles. The monoisotopic (exact) mass is 390 g/mol. The Hall–Kier alpha value is -3.22. The average molecular weight is 390 g/mol. The van der Waals surface area contributed by atoms with Crippen LogP contribution in [0.5, 0.6) is 0 Å². The van der Waals surface area contributed by atoms with Crippen LogP contribution >= 0.6 is 0 Å². The van der Waals surface area contributed by atoms with Crippen LogP contribution < -0.4 is 10.6 Å². The van der Waals surface area contributed by atoms with Crippen LogP contribution in [0.15, 0.2) is 0 Å². The topological polar surface area (TPSA) is 184 Å². The van der Waals surface area contributed by atoms with Crippen LogP contribution in [0.4, 0.5) is 4.79 Å². The zero-order valence-electron chi connectivity index (χ0n) is 14.5. The maximum Gasteiger partial charge on any atom is 0.394 e. The zero-order valence-corrected chi connectivity index (χ0v) is 14.5. The van der Waals surface area contributed by atoms with Crippen LogP contribution in [0.1, 0.15) is 20.8 Å². The van der Waals surface area contributed by atoms with E-state index in [9.17, 15) is 28.8 Å². The molecule has 13 heteroatoms. The molecule has 27 heavy (non-hydrogen) atoms. The van der Waals surface area contributed by atoms with E-state index < -0.39 is 60.4 Å². The van der Waals surface area contributed by atoms with E-state index in [0.717, 1.165) is 20.8 Å². The molecule has 0 aromatic rings. The van der Waals surface area contributed by atoms with Crippen molar-refractivity contribution in [1.82, 2.24) is 10.6 Å². The van der Waals surface area contributed by atoms with E-state index in [4.69, 9.17) is 24.1 Å². The molecule has 0 spiro atoms. The first-order valence-electron chi connectivity index (χ1n) is 7.49. The summed E-state index contributed by atoms with van der Waals surface area (Å²) in [7, 11) is 0. The lowest BCUT2D eigenvalue weighted by molar-refractivity contribution is -0.165. The minimum Gasteiger partial charge on any atom is -0.474 e. The highest BCUT2D eigenvalue weighted by molar-refractivity contribution is 6.34. The molecule has 0 aromatic carbocycles. The molecular weight excluding hydrogens is 372 g/mol. The molecule has 3 amide bonds. The van der Waals surface area contributed by atoms with Gasteiger partial charge in [-0.2, -0.15) is 0 Å². The van der Waals surface area contributed by atoms with Gasteiger partial charge >= 0.3 is 35.8 Å². The third kappa shape index (κ3) is 6.89. The van der Waals surface area contributed by atoms with Crippen LogP contribution in [0.25, 0.3) is 0 Å². The normalized spacial score (nSPS) is 23.7. The van der Waals surface area contributed by atoms with Gasteiger partial charge in [-0.1, -0.05) is 0 Å². The van der Waals surface area contributed by atoms with Crippen LogP contribution in [0, 0.1) is 0 Å². The highest BCUT2D eigenvalue weighted by Crippen LogP contribution is 2.26. The summed E-state index contributed by atoms with van der Waals surface area (Å²) in [5, 5.41) is 12.0. The maximum absolute atomic E-state index is 11.7. The van der Waals surface area contributed by atoms with Gasteiger partial charge in [-0.25, -0.2) is 9.59 Å². The number of carbonyl (C=O) groups is 6. The Labute approximate surface area is 152 Å². The Kier molecular flexibility index (Phi) is 7.65. The summed E-state index contributed by atoms with van der Waals surface area (Å²) in [6.07, 6.45) is -5.13. The van der Waals surface area contributed by atoms with Gasteiger partial charge in [0.05, 0.1) is 0 Å². The van der Waals surface area contributed by atoms with E-state index in [1.807, 2.05) is 0 Å². The van der Waals surface area contributed by atoms with Gasteiger partial charge in [0.25, 0.3) is 0 Å². The summed E-state index contributed by atoms with van der Waals surface area (Å²) >= 11 is 0. The number of hydrogen-bond acceptors (Lipinski definition) is 10. The minimum absolute atomic E-state index is 0.390. The third-order valence-electron chi connectivity index (χ3n) is 3.06. The van der Waals surface area contributed by atoms with E-state index in [1.54, 1.807) is 0 Å². The molecule has 0 radical (unpaired) electrons. The second kappa shape index (κ2) is 9.47. The fourth-order valence-electron chi connectivity index (χ4n) is 2.15. The number of amides is 3. The molecule has 4 atom stereocenters. The van der Waals surface area contributed by atoms with E-state index in [2.05, 4.69) is 5.32 Å². The highest BCUT2D eigenvalue weighted by atomic mass is 16.7. The van der Waals surface area contributed by atoms with E-state index in [0.29, 0.717) is 0 Å². The summed E-state index contributed by atoms with van der Waals surface area (Å²) in [6, 6.07) is -1.26. The number of aliphatic carboxylic acids is 1. The Morgan fingerprint density at radius 1 is 0.926 bits per heavy atom. The van der Waals surface area contributed by atoms with Crippen molar-refractivity contribution in [2.45, 2.75) is 45.3 Å². The predicted octanol–water partition coefficient (Wildman–Crippen LogP) is -1.95. The summed E-state index contributed by atoms with van der Waals surface area (Å²) in [4.78, 5) is 66.9. The van der Waals surface area contributed by atoms with Gasteiger partial charge < -0.3 is 29.4 Å². The summed E-state index contributed by atoms with van der Waals surface area (Å²) in [5.41, 5.74) is 0. The fourth-order valence-corrected chi connectivity index (χ4v) is 2.15. The fraction of sp³-hybridized carbons (Fsp3) is 0.571. The molecule has 13 nitrogen and oxygen atoms in total. The van der Waals surface area contributed by atoms with Crippen molar-refractivity contribution < 1.29 is 52.8 Å². The van der Waals surface area contributed by atoms with Crippen LogP contribution in [-0.4, -0.2) is 72.1 Å². The number of esters is 3. The maximum atomic E-state index is 11.7. The van der Waals surface area contributed by atoms with Gasteiger partial charge in [0.2, 0.25) is 0 Å². The van der Waals surface area contributed by atoms with Crippen LogP contribution in [-0.2, 0) is 42.9 Å². The molecule has 1 heterocycles. The summed E-state index contributed by atoms with van der Waals surface area (Å²) in [5.74, 6) is -5.74. The van der Waals surface area contributed by atoms with Crippen LogP contribution in [0.2, 0.25) is 0 Å². The standard InChI is InChI=1S/C14H18N2O11/c1-5(17)24-4-8-9(25-6(2)18)10(26-7(3)19)12(27-8)16-14(23)15-11(20)13(21)22/h8-10,12H,4H2,1-3H3,(H,21,22)(H2,15,16,20,23)/t8-,9-,10-,12-/m1/s1. The number of hydrogen-bond donors (Lipinski definition) is 3. The minimum atomic E-state index is -1.90. The first-order valence-corrected chi connectivity index (χ1v) is 7.49. The number of carbonyl (C=O) groups excluding carboxylic acids is 5. The average Bonchev–Trinajstić information content (AvgIpc) is 2.81. The van der Waals surface area contributed by atoms with Gasteiger partial charge in [-0.05, 0) is 0 Å². The predicted molar refractivity (Wildman–Crippen MR) is 80.7 cm³/mol. The molecule has 0 aromatic heterocycles. The van der Waals surface area contributed by atoms with E-state index >= 15 is 0 Å². The zero-order chi connectivity index (χ0) is 20.7. The van der Waals surface area contributed by atoms with E-state index in [-0.39, 0.29) is 6.61 Å². The first-order chi connectivity index (χ1) is 12.5. The molecular formula is C14H18N2O11. The molecule has 1 saturated heterocycles.